The molecule has 0 bridgehead atoms. The Bertz CT molecular complexity index is 701. The molecule has 120 valence electrons. The molecular formula is C14H20N4O2S2. The van der Waals surface area contributed by atoms with Gasteiger partial charge in [0.1, 0.15) is 10.0 Å². The van der Waals surface area contributed by atoms with Crippen LogP contribution in [0.4, 0.5) is 0 Å². The van der Waals surface area contributed by atoms with Crippen molar-refractivity contribution in [2.24, 2.45) is 0 Å². The van der Waals surface area contributed by atoms with E-state index in [-0.39, 0.29) is 0 Å². The Balaban J connectivity index is 1.53. The van der Waals surface area contributed by atoms with Crippen molar-refractivity contribution in [1.82, 2.24) is 18.8 Å². The van der Waals surface area contributed by atoms with Crippen LogP contribution in [0.25, 0.3) is 0 Å². The first kappa shape index (κ1) is 15.7. The van der Waals surface area contributed by atoms with Gasteiger partial charge in [0, 0.05) is 51.7 Å². The van der Waals surface area contributed by atoms with Crippen LogP contribution in [0.1, 0.15) is 5.82 Å². The minimum atomic E-state index is -3.30. The number of thiophene rings is 1. The smallest absolute Gasteiger partial charge is 0.252 e. The number of rotatable bonds is 5. The second kappa shape index (κ2) is 6.49. The van der Waals surface area contributed by atoms with E-state index in [0.717, 1.165) is 32.0 Å². The summed E-state index contributed by atoms with van der Waals surface area (Å²) < 4.78 is 29.1. The number of aryl methyl sites for hydroxylation is 1. The van der Waals surface area contributed by atoms with Crippen LogP contribution in [-0.2, 0) is 16.6 Å². The monoisotopic (exact) mass is 340 g/mol. The van der Waals surface area contributed by atoms with E-state index in [9.17, 15) is 8.42 Å². The minimum absolute atomic E-state index is 0.440. The fourth-order valence-electron chi connectivity index (χ4n) is 2.62. The standard InChI is InChI=1S/C14H20N4O2S2/c1-13-15-4-5-17(13)9-6-16-7-10-18(11-8-16)22(19,20)14-3-2-12-21-14/h2-5,12H,6-11H2,1H3. The summed E-state index contributed by atoms with van der Waals surface area (Å²) in [7, 11) is -3.30. The lowest BCUT2D eigenvalue weighted by Crippen LogP contribution is -2.49. The highest BCUT2D eigenvalue weighted by atomic mass is 32.2. The third-order valence-corrected chi connectivity index (χ3v) is 7.27. The summed E-state index contributed by atoms with van der Waals surface area (Å²) in [6.45, 7) is 6.47. The molecule has 1 saturated heterocycles. The Morgan fingerprint density at radius 3 is 2.59 bits per heavy atom. The number of hydrogen-bond donors (Lipinski definition) is 0. The zero-order valence-corrected chi connectivity index (χ0v) is 14.2. The molecule has 3 heterocycles. The molecule has 2 aromatic heterocycles. The van der Waals surface area contributed by atoms with Crippen LogP contribution in [-0.4, -0.2) is 59.9 Å². The molecule has 0 N–H and O–H groups in total. The van der Waals surface area contributed by atoms with Crippen molar-refractivity contribution in [3.8, 4) is 0 Å². The van der Waals surface area contributed by atoms with Gasteiger partial charge in [0.05, 0.1) is 0 Å². The van der Waals surface area contributed by atoms with Crippen molar-refractivity contribution >= 4 is 21.4 Å². The van der Waals surface area contributed by atoms with E-state index in [2.05, 4.69) is 14.5 Å². The molecule has 22 heavy (non-hydrogen) atoms. The minimum Gasteiger partial charge on any atom is -0.334 e. The zero-order chi connectivity index (χ0) is 15.6. The average Bonchev–Trinajstić information content (AvgIpc) is 3.17. The van der Waals surface area contributed by atoms with Gasteiger partial charge in [-0.1, -0.05) is 6.07 Å². The molecule has 0 unspecified atom stereocenters. The Hall–Kier alpha value is -1.22. The van der Waals surface area contributed by atoms with Crippen molar-refractivity contribution < 1.29 is 8.42 Å². The summed E-state index contributed by atoms with van der Waals surface area (Å²) in [6, 6.07) is 3.45. The first-order valence-corrected chi connectivity index (χ1v) is 9.63. The first-order chi connectivity index (χ1) is 10.6. The van der Waals surface area contributed by atoms with Crippen LogP contribution < -0.4 is 0 Å². The summed E-state index contributed by atoms with van der Waals surface area (Å²) in [5.74, 6) is 1.01. The molecule has 1 aliphatic rings. The van der Waals surface area contributed by atoms with Gasteiger partial charge in [-0.3, -0.25) is 4.90 Å². The highest BCUT2D eigenvalue weighted by Crippen LogP contribution is 2.21. The molecule has 2 aromatic rings. The number of imidazole rings is 1. The Kier molecular flexibility index (Phi) is 4.62. The van der Waals surface area contributed by atoms with E-state index in [1.165, 1.54) is 11.3 Å². The zero-order valence-electron chi connectivity index (χ0n) is 12.6. The van der Waals surface area contributed by atoms with Crippen molar-refractivity contribution in [1.29, 1.82) is 0 Å². The largest absolute Gasteiger partial charge is 0.334 e. The van der Waals surface area contributed by atoms with E-state index < -0.39 is 10.0 Å². The van der Waals surface area contributed by atoms with Gasteiger partial charge >= 0.3 is 0 Å². The second-order valence-electron chi connectivity index (χ2n) is 5.35. The number of nitrogens with zero attached hydrogens (tertiary/aromatic N) is 4. The van der Waals surface area contributed by atoms with Crippen LogP contribution in [0, 0.1) is 6.92 Å². The first-order valence-electron chi connectivity index (χ1n) is 7.31. The third-order valence-electron chi connectivity index (χ3n) is 4.00. The summed E-state index contributed by atoms with van der Waals surface area (Å²) in [5, 5.41) is 1.80. The SMILES string of the molecule is Cc1nccn1CCN1CCN(S(=O)(=O)c2cccs2)CC1. The van der Waals surface area contributed by atoms with Crippen LogP contribution in [0.15, 0.2) is 34.1 Å². The van der Waals surface area contributed by atoms with Crippen LogP contribution in [0.5, 0.6) is 0 Å². The topological polar surface area (TPSA) is 58.4 Å². The Morgan fingerprint density at radius 2 is 2.00 bits per heavy atom. The van der Waals surface area contributed by atoms with Crippen molar-refractivity contribution in [2.45, 2.75) is 17.7 Å². The summed E-state index contributed by atoms with van der Waals surface area (Å²) in [4.78, 5) is 6.52. The van der Waals surface area contributed by atoms with Gasteiger partial charge in [-0.15, -0.1) is 11.3 Å². The predicted octanol–water partition coefficient (Wildman–Crippen LogP) is 1.26. The maximum Gasteiger partial charge on any atom is 0.252 e. The lowest BCUT2D eigenvalue weighted by molar-refractivity contribution is 0.182. The van der Waals surface area contributed by atoms with E-state index in [1.807, 2.05) is 13.1 Å². The molecule has 1 aliphatic heterocycles. The van der Waals surface area contributed by atoms with Gasteiger partial charge in [-0.2, -0.15) is 4.31 Å². The molecule has 0 aromatic carbocycles. The van der Waals surface area contributed by atoms with E-state index in [1.54, 1.807) is 28.0 Å². The molecule has 0 spiro atoms. The molecule has 1 fully saturated rings. The van der Waals surface area contributed by atoms with Gasteiger partial charge in [0.25, 0.3) is 10.0 Å². The normalized spacial score (nSPS) is 17.9. The quantitative estimate of drug-likeness (QED) is 0.822. The fourth-order valence-corrected chi connectivity index (χ4v) is 5.19. The number of piperazine rings is 1. The van der Waals surface area contributed by atoms with E-state index >= 15 is 0 Å². The van der Waals surface area contributed by atoms with Crippen molar-refractivity contribution in [3.63, 3.8) is 0 Å². The maximum absolute atomic E-state index is 12.4. The van der Waals surface area contributed by atoms with Crippen LogP contribution in [0.2, 0.25) is 0 Å². The fraction of sp³-hybridized carbons (Fsp3) is 0.500. The Morgan fingerprint density at radius 1 is 1.23 bits per heavy atom. The highest BCUT2D eigenvalue weighted by molar-refractivity contribution is 7.91. The molecule has 0 aliphatic carbocycles. The molecule has 8 heteroatoms. The molecule has 0 saturated carbocycles. The van der Waals surface area contributed by atoms with Gasteiger partial charge in [-0.25, -0.2) is 13.4 Å². The maximum atomic E-state index is 12.4. The highest BCUT2D eigenvalue weighted by Gasteiger charge is 2.28. The lowest BCUT2D eigenvalue weighted by atomic mass is 10.3. The van der Waals surface area contributed by atoms with Gasteiger partial charge in [0.15, 0.2) is 0 Å². The van der Waals surface area contributed by atoms with E-state index in [4.69, 9.17) is 0 Å². The Labute approximate surface area is 135 Å². The summed E-state index contributed by atoms with van der Waals surface area (Å²) >= 11 is 1.28. The molecule has 6 nitrogen and oxygen atoms in total. The molecule has 0 radical (unpaired) electrons. The second-order valence-corrected chi connectivity index (χ2v) is 8.46. The van der Waals surface area contributed by atoms with Crippen LogP contribution in [0.3, 0.4) is 0 Å². The molecular weight excluding hydrogens is 320 g/mol. The third kappa shape index (κ3) is 3.24. The van der Waals surface area contributed by atoms with Crippen LogP contribution >= 0.6 is 11.3 Å². The average molecular weight is 340 g/mol. The van der Waals surface area contributed by atoms with Crippen molar-refractivity contribution in [2.75, 3.05) is 32.7 Å². The number of sulfonamides is 1. The number of hydrogen-bond acceptors (Lipinski definition) is 5. The van der Waals surface area contributed by atoms with Crippen molar-refractivity contribution in [3.05, 3.63) is 35.7 Å². The van der Waals surface area contributed by atoms with Gasteiger partial charge in [-0.05, 0) is 18.4 Å². The predicted molar refractivity (Wildman–Crippen MR) is 86.5 cm³/mol. The molecule has 0 atom stereocenters. The lowest BCUT2D eigenvalue weighted by Gasteiger charge is -2.33. The van der Waals surface area contributed by atoms with E-state index in [0.29, 0.717) is 17.3 Å². The summed E-state index contributed by atoms with van der Waals surface area (Å²) in [6.07, 6.45) is 3.79. The number of aromatic nitrogens is 2. The van der Waals surface area contributed by atoms with Gasteiger partial charge in [0.2, 0.25) is 0 Å². The molecule has 3 rings (SSSR count). The van der Waals surface area contributed by atoms with Gasteiger partial charge < -0.3 is 4.57 Å². The molecule has 0 amide bonds. The summed E-state index contributed by atoms with van der Waals surface area (Å²) in [5.41, 5.74) is 0.